The lowest BCUT2D eigenvalue weighted by molar-refractivity contribution is 0.166. The van der Waals surface area contributed by atoms with Crippen LogP contribution in [0.3, 0.4) is 0 Å². The fraction of sp³-hybridized carbons (Fsp3) is 0.235. The first-order valence-electron chi connectivity index (χ1n) is 6.73. The summed E-state index contributed by atoms with van der Waals surface area (Å²) in [5.41, 5.74) is 1.54. The Morgan fingerprint density at radius 1 is 1.29 bits per heavy atom. The molecule has 2 aromatic rings. The van der Waals surface area contributed by atoms with Gasteiger partial charge in [-0.25, -0.2) is 4.39 Å². The van der Waals surface area contributed by atoms with Gasteiger partial charge < -0.3 is 9.84 Å². The third kappa shape index (κ3) is 3.80. The van der Waals surface area contributed by atoms with Gasteiger partial charge in [0.15, 0.2) is 0 Å². The van der Waals surface area contributed by atoms with Crippen LogP contribution in [0.2, 0.25) is 0 Å². The summed E-state index contributed by atoms with van der Waals surface area (Å²) in [5.74, 6) is 0.101. The molecule has 1 unspecified atom stereocenters. The maximum atomic E-state index is 13.4. The molecule has 0 amide bonds. The molecule has 21 heavy (non-hydrogen) atoms. The van der Waals surface area contributed by atoms with E-state index in [4.69, 9.17) is 10.00 Å². The molecule has 0 aliphatic rings. The molecule has 0 aliphatic heterocycles. The van der Waals surface area contributed by atoms with Crippen molar-refractivity contribution in [2.75, 3.05) is 0 Å². The van der Waals surface area contributed by atoms with E-state index in [-0.39, 0.29) is 12.2 Å². The number of benzene rings is 2. The minimum absolute atomic E-state index is 0.139. The van der Waals surface area contributed by atoms with E-state index >= 15 is 0 Å². The van der Waals surface area contributed by atoms with Gasteiger partial charge in [0.25, 0.3) is 0 Å². The van der Waals surface area contributed by atoms with Crippen molar-refractivity contribution in [1.29, 1.82) is 5.26 Å². The number of para-hydroxylation sites is 1. The Morgan fingerprint density at radius 3 is 2.76 bits per heavy atom. The quantitative estimate of drug-likeness (QED) is 0.911. The summed E-state index contributed by atoms with van der Waals surface area (Å²) in [6.07, 6.45) is -0.0118. The molecule has 0 aromatic heterocycles. The zero-order valence-corrected chi connectivity index (χ0v) is 11.7. The van der Waals surface area contributed by atoms with Crippen LogP contribution in [-0.2, 0) is 6.61 Å². The summed E-state index contributed by atoms with van der Waals surface area (Å²) in [5, 5.41) is 18.8. The molecule has 1 N–H and O–H groups in total. The van der Waals surface area contributed by atoms with E-state index in [9.17, 15) is 9.50 Å². The van der Waals surface area contributed by atoms with E-state index in [1.54, 1.807) is 18.2 Å². The Balaban J connectivity index is 2.17. The molecule has 0 aliphatic carbocycles. The monoisotopic (exact) mass is 285 g/mol. The van der Waals surface area contributed by atoms with Crippen molar-refractivity contribution in [2.45, 2.75) is 26.1 Å². The second-order valence-electron chi connectivity index (χ2n) is 4.71. The van der Waals surface area contributed by atoms with E-state index in [0.717, 1.165) is 0 Å². The van der Waals surface area contributed by atoms with Crippen molar-refractivity contribution in [3.63, 3.8) is 0 Å². The Hall–Kier alpha value is -2.38. The summed E-state index contributed by atoms with van der Waals surface area (Å²) in [7, 11) is 0. The van der Waals surface area contributed by atoms with Crippen molar-refractivity contribution in [3.05, 3.63) is 65.0 Å². The number of nitrogens with zero attached hydrogens (tertiary/aromatic N) is 1. The van der Waals surface area contributed by atoms with Crippen LogP contribution in [0.5, 0.6) is 5.75 Å². The molecule has 2 aromatic carbocycles. The van der Waals surface area contributed by atoms with Crippen LogP contribution in [0.25, 0.3) is 0 Å². The second-order valence-corrected chi connectivity index (χ2v) is 4.71. The molecule has 0 spiro atoms. The highest BCUT2D eigenvalue weighted by Crippen LogP contribution is 2.27. The molecular weight excluding hydrogens is 269 g/mol. The van der Waals surface area contributed by atoms with Gasteiger partial charge in [-0.15, -0.1) is 0 Å². The van der Waals surface area contributed by atoms with Gasteiger partial charge in [0.05, 0.1) is 17.7 Å². The van der Waals surface area contributed by atoms with Gasteiger partial charge in [-0.3, -0.25) is 0 Å². The number of aliphatic hydroxyl groups excluding tert-OH is 1. The molecule has 0 saturated heterocycles. The zero-order chi connectivity index (χ0) is 15.2. The molecule has 0 radical (unpaired) electrons. The maximum Gasteiger partial charge on any atom is 0.125 e. The summed E-state index contributed by atoms with van der Waals surface area (Å²) in [6, 6.07) is 13.2. The summed E-state index contributed by atoms with van der Waals surface area (Å²) >= 11 is 0. The average Bonchev–Trinajstić information content (AvgIpc) is 2.51. The largest absolute Gasteiger partial charge is 0.489 e. The Morgan fingerprint density at radius 2 is 2.05 bits per heavy atom. The second kappa shape index (κ2) is 6.87. The van der Waals surface area contributed by atoms with Gasteiger partial charge in [-0.05, 0) is 36.2 Å². The fourth-order valence-electron chi connectivity index (χ4n) is 2.07. The van der Waals surface area contributed by atoms with Crippen LogP contribution in [0.15, 0.2) is 42.5 Å². The molecule has 0 bridgehead atoms. The normalized spacial score (nSPS) is 11.7. The van der Waals surface area contributed by atoms with Crippen LogP contribution in [0, 0.1) is 17.1 Å². The number of hydrogen-bond acceptors (Lipinski definition) is 3. The number of hydrogen-bond donors (Lipinski definition) is 1. The lowest BCUT2D eigenvalue weighted by Gasteiger charge is -2.15. The lowest BCUT2D eigenvalue weighted by Crippen LogP contribution is -2.03. The van der Waals surface area contributed by atoms with Gasteiger partial charge in [0, 0.05) is 5.56 Å². The first kappa shape index (κ1) is 15.0. The number of aliphatic hydroxyl groups is 1. The molecule has 0 heterocycles. The van der Waals surface area contributed by atoms with Crippen molar-refractivity contribution < 1.29 is 14.2 Å². The SMILES string of the molecule is CCC(O)c1ccccc1OCc1cc(F)cc(C#N)c1. The van der Waals surface area contributed by atoms with Crippen molar-refractivity contribution in [2.24, 2.45) is 0 Å². The molecule has 4 heteroatoms. The number of nitriles is 1. The van der Waals surface area contributed by atoms with E-state index in [1.165, 1.54) is 12.1 Å². The predicted molar refractivity (Wildman–Crippen MR) is 77.1 cm³/mol. The predicted octanol–water partition coefficient (Wildman–Crippen LogP) is 3.72. The zero-order valence-electron chi connectivity index (χ0n) is 11.7. The van der Waals surface area contributed by atoms with Gasteiger partial charge in [0.2, 0.25) is 0 Å². The maximum absolute atomic E-state index is 13.4. The topological polar surface area (TPSA) is 53.2 Å². The van der Waals surface area contributed by atoms with Gasteiger partial charge in [-0.2, -0.15) is 5.26 Å². The molecule has 0 fully saturated rings. The van der Waals surface area contributed by atoms with Crippen LogP contribution >= 0.6 is 0 Å². The first-order valence-corrected chi connectivity index (χ1v) is 6.73. The number of rotatable bonds is 5. The first-order chi connectivity index (χ1) is 10.1. The molecule has 1 atom stereocenters. The average molecular weight is 285 g/mol. The van der Waals surface area contributed by atoms with E-state index in [1.807, 2.05) is 25.1 Å². The minimum atomic E-state index is -0.594. The molecule has 108 valence electrons. The Bertz CT molecular complexity index is 664. The summed E-state index contributed by atoms with van der Waals surface area (Å²) in [6.45, 7) is 2.02. The fourth-order valence-corrected chi connectivity index (χ4v) is 2.07. The van der Waals surface area contributed by atoms with Crippen LogP contribution < -0.4 is 4.74 Å². The van der Waals surface area contributed by atoms with Crippen LogP contribution in [0.4, 0.5) is 4.39 Å². The van der Waals surface area contributed by atoms with E-state index in [2.05, 4.69) is 0 Å². The third-order valence-corrected chi connectivity index (χ3v) is 3.15. The smallest absolute Gasteiger partial charge is 0.125 e. The number of ether oxygens (including phenoxy) is 1. The number of halogens is 1. The van der Waals surface area contributed by atoms with Gasteiger partial charge in [0.1, 0.15) is 18.2 Å². The third-order valence-electron chi connectivity index (χ3n) is 3.15. The molecular formula is C17H16FNO2. The Kier molecular flexibility index (Phi) is 4.91. The lowest BCUT2D eigenvalue weighted by atomic mass is 10.1. The van der Waals surface area contributed by atoms with E-state index < -0.39 is 11.9 Å². The highest BCUT2D eigenvalue weighted by Gasteiger charge is 2.11. The molecule has 3 nitrogen and oxygen atoms in total. The van der Waals surface area contributed by atoms with Crippen molar-refractivity contribution in [1.82, 2.24) is 0 Å². The van der Waals surface area contributed by atoms with Crippen molar-refractivity contribution in [3.8, 4) is 11.8 Å². The van der Waals surface area contributed by atoms with Crippen LogP contribution in [-0.4, -0.2) is 5.11 Å². The Labute approximate surface area is 123 Å². The van der Waals surface area contributed by atoms with Gasteiger partial charge in [-0.1, -0.05) is 25.1 Å². The highest BCUT2D eigenvalue weighted by molar-refractivity contribution is 5.36. The summed E-state index contributed by atoms with van der Waals surface area (Å²) < 4.78 is 19.0. The summed E-state index contributed by atoms with van der Waals surface area (Å²) in [4.78, 5) is 0. The van der Waals surface area contributed by atoms with E-state index in [0.29, 0.717) is 23.3 Å². The molecule has 2 rings (SSSR count). The van der Waals surface area contributed by atoms with Crippen LogP contribution in [0.1, 0.15) is 36.1 Å². The van der Waals surface area contributed by atoms with Crippen molar-refractivity contribution >= 4 is 0 Å². The minimum Gasteiger partial charge on any atom is -0.489 e. The molecule has 0 saturated carbocycles. The standard InChI is InChI=1S/C17H16FNO2/c1-2-16(20)15-5-3-4-6-17(15)21-11-13-7-12(10-19)8-14(18)9-13/h3-9,16,20H,2,11H2,1H3. The highest BCUT2D eigenvalue weighted by atomic mass is 19.1. The van der Waals surface area contributed by atoms with Gasteiger partial charge >= 0.3 is 0 Å².